The van der Waals surface area contributed by atoms with E-state index >= 15 is 0 Å². The third-order valence-electron chi connectivity index (χ3n) is 2.72. The van der Waals surface area contributed by atoms with E-state index < -0.39 is 0 Å². The van der Waals surface area contributed by atoms with Gasteiger partial charge in [0.1, 0.15) is 5.82 Å². The number of carbonyl (C=O) groups excluding carboxylic acids is 1. The number of anilines is 1. The third kappa shape index (κ3) is 4.46. The molecule has 0 fully saturated rings. The molecule has 0 aliphatic rings. The van der Waals surface area contributed by atoms with E-state index in [1.807, 2.05) is 0 Å². The van der Waals surface area contributed by atoms with Gasteiger partial charge in [0, 0.05) is 26.3 Å². The Morgan fingerprint density at radius 1 is 1.67 bits per heavy atom. The smallest absolute Gasteiger partial charge is 0.228 e. The molecule has 102 valence electrons. The summed E-state index contributed by atoms with van der Waals surface area (Å²) in [5, 5.41) is 7.00. The normalized spacial score (nSPS) is 12.4. The fraction of sp³-hybridized carbons (Fsp3) is 0.667. The molecule has 1 unspecified atom stereocenters. The molecular formula is C12H22N4O2. The van der Waals surface area contributed by atoms with Gasteiger partial charge in [-0.15, -0.1) is 0 Å². The maximum Gasteiger partial charge on any atom is 0.228 e. The molecule has 1 aromatic rings. The lowest BCUT2D eigenvalue weighted by atomic mass is 10.2. The van der Waals surface area contributed by atoms with Crippen molar-refractivity contribution in [2.75, 3.05) is 19.0 Å². The molecule has 0 saturated carbocycles. The molecule has 0 spiro atoms. The van der Waals surface area contributed by atoms with Gasteiger partial charge in [0.25, 0.3) is 0 Å². The SMILES string of the molecule is CCCCn1nccc1NC(=O)CC(CN)OC. The molecule has 6 nitrogen and oxygen atoms in total. The van der Waals surface area contributed by atoms with Crippen LogP contribution in [0.4, 0.5) is 5.82 Å². The lowest BCUT2D eigenvalue weighted by molar-refractivity contribution is -0.118. The molecule has 1 aromatic heterocycles. The first kappa shape index (κ1) is 14.7. The maximum atomic E-state index is 11.8. The molecule has 3 N–H and O–H groups in total. The van der Waals surface area contributed by atoms with Crippen LogP contribution in [0.2, 0.25) is 0 Å². The number of methoxy groups -OCH3 is 1. The number of aromatic nitrogens is 2. The highest BCUT2D eigenvalue weighted by Gasteiger charge is 2.13. The molecule has 6 heteroatoms. The molecule has 0 aliphatic heterocycles. The van der Waals surface area contributed by atoms with Crippen molar-refractivity contribution in [1.29, 1.82) is 0 Å². The quantitative estimate of drug-likeness (QED) is 0.724. The van der Waals surface area contributed by atoms with Crippen LogP contribution in [0.5, 0.6) is 0 Å². The number of unbranched alkanes of at least 4 members (excludes halogenated alkanes) is 1. The van der Waals surface area contributed by atoms with Crippen molar-refractivity contribution in [3.8, 4) is 0 Å². The number of nitrogens with two attached hydrogens (primary N) is 1. The molecule has 1 atom stereocenters. The number of nitrogens with zero attached hydrogens (tertiary/aromatic N) is 2. The fourth-order valence-electron chi connectivity index (χ4n) is 1.59. The van der Waals surface area contributed by atoms with E-state index in [1.165, 1.54) is 0 Å². The second-order valence-corrected chi connectivity index (χ2v) is 4.14. The van der Waals surface area contributed by atoms with Gasteiger partial charge in [-0.05, 0) is 6.42 Å². The van der Waals surface area contributed by atoms with Gasteiger partial charge >= 0.3 is 0 Å². The topological polar surface area (TPSA) is 82.2 Å². The Morgan fingerprint density at radius 3 is 3.06 bits per heavy atom. The van der Waals surface area contributed by atoms with Crippen molar-refractivity contribution in [3.63, 3.8) is 0 Å². The Kier molecular flexibility index (Phi) is 6.38. The van der Waals surface area contributed by atoms with Gasteiger partial charge in [0.05, 0.1) is 18.7 Å². The van der Waals surface area contributed by atoms with Crippen LogP contribution in [-0.4, -0.2) is 35.4 Å². The van der Waals surface area contributed by atoms with Crippen molar-refractivity contribution in [1.82, 2.24) is 9.78 Å². The second kappa shape index (κ2) is 7.84. The molecule has 18 heavy (non-hydrogen) atoms. The minimum absolute atomic E-state index is 0.106. The number of aryl methyl sites for hydroxylation is 1. The van der Waals surface area contributed by atoms with Crippen LogP contribution < -0.4 is 11.1 Å². The molecule has 0 saturated heterocycles. The number of amides is 1. The molecule has 0 aliphatic carbocycles. The van der Waals surface area contributed by atoms with Crippen LogP contribution in [0.25, 0.3) is 0 Å². The maximum absolute atomic E-state index is 11.8. The summed E-state index contributed by atoms with van der Waals surface area (Å²) in [5.41, 5.74) is 5.48. The molecule has 1 rings (SSSR count). The van der Waals surface area contributed by atoms with Crippen LogP contribution >= 0.6 is 0 Å². The van der Waals surface area contributed by atoms with Crippen molar-refractivity contribution in [3.05, 3.63) is 12.3 Å². The molecule has 0 bridgehead atoms. The van der Waals surface area contributed by atoms with E-state index in [1.54, 1.807) is 24.1 Å². The molecule has 0 radical (unpaired) electrons. The fourth-order valence-corrected chi connectivity index (χ4v) is 1.59. The summed E-state index contributed by atoms with van der Waals surface area (Å²) in [6.07, 6.45) is 3.82. The van der Waals surface area contributed by atoms with Crippen molar-refractivity contribution in [2.45, 2.75) is 38.8 Å². The van der Waals surface area contributed by atoms with Crippen molar-refractivity contribution >= 4 is 11.7 Å². The predicted molar refractivity (Wildman–Crippen MR) is 70.2 cm³/mol. The first-order valence-corrected chi connectivity index (χ1v) is 6.25. The Labute approximate surface area is 107 Å². The zero-order valence-electron chi connectivity index (χ0n) is 11.1. The van der Waals surface area contributed by atoms with E-state index in [-0.39, 0.29) is 18.4 Å². The Bertz CT molecular complexity index is 361. The van der Waals surface area contributed by atoms with Crippen LogP contribution in [0.1, 0.15) is 26.2 Å². The number of rotatable bonds is 8. The summed E-state index contributed by atoms with van der Waals surface area (Å²) in [4.78, 5) is 11.8. The molecule has 1 amide bonds. The standard InChI is InChI=1S/C12H22N4O2/c1-3-4-7-16-11(5-6-14-16)15-12(17)8-10(9-13)18-2/h5-6,10H,3-4,7-9,13H2,1-2H3,(H,15,17). The van der Waals surface area contributed by atoms with E-state index in [2.05, 4.69) is 17.3 Å². The minimum atomic E-state index is -0.239. The predicted octanol–water partition coefficient (Wildman–Crippen LogP) is 0.986. The largest absolute Gasteiger partial charge is 0.380 e. The Morgan fingerprint density at radius 2 is 2.44 bits per heavy atom. The van der Waals surface area contributed by atoms with E-state index in [4.69, 9.17) is 10.5 Å². The van der Waals surface area contributed by atoms with Crippen molar-refractivity contribution in [2.24, 2.45) is 5.73 Å². The van der Waals surface area contributed by atoms with Crippen LogP contribution in [0.15, 0.2) is 12.3 Å². The van der Waals surface area contributed by atoms with E-state index in [0.29, 0.717) is 6.54 Å². The average Bonchev–Trinajstić information content (AvgIpc) is 2.80. The van der Waals surface area contributed by atoms with Gasteiger partial charge in [0.2, 0.25) is 5.91 Å². The van der Waals surface area contributed by atoms with E-state index in [0.717, 1.165) is 25.2 Å². The zero-order valence-corrected chi connectivity index (χ0v) is 11.1. The summed E-state index contributed by atoms with van der Waals surface area (Å²) < 4.78 is 6.87. The molecule has 0 aromatic carbocycles. The molecular weight excluding hydrogens is 232 g/mol. The Balaban J connectivity index is 2.51. The van der Waals surface area contributed by atoms with E-state index in [9.17, 15) is 4.79 Å². The van der Waals surface area contributed by atoms with Crippen LogP contribution in [0, 0.1) is 0 Å². The number of carbonyl (C=O) groups is 1. The van der Waals surface area contributed by atoms with Gasteiger partial charge < -0.3 is 15.8 Å². The lowest BCUT2D eigenvalue weighted by Crippen LogP contribution is -2.28. The number of nitrogens with one attached hydrogen (secondary N) is 1. The van der Waals surface area contributed by atoms with Gasteiger partial charge in [-0.1, -0.05) is 13.3 Å². The van der Waals surface area contributed by atoms with Gasteiger partial charge in [-0.3, -0.25) is 4.79 Å². The summed E-state index contributed by atoms with van der Waals surface area (Å²) in [6, 6.07) is 1.79. The third-order valence-corrected chi connectivity index (χ3v) is 2.72. The monoisotopic (exact) mass is 254 g/mol. The summed E-state index contributed by atoms with van der Waals surface area (Å²) in [7, 11) is 1.55. The average molecular weight is 254 g/mol. The summed E-state index contributed by atoms with van der Waals surface area (Å²) in [5.74, 6) is 0.617. The highest BCUT2D eigenvalue weighted by Crippen LogP contribution is 2.09. The second-order valence-electron chi connectivity index (χ2n) is 4.14. The lowest BCUT2D eigenvalue weighted by Gasteiger charge is -2.13. The Hall–Kier alpha value is -1.40. The number of hydrogen-bond acceptors (Lipinski definition) is 4. The minimum Gasteiger partial charge on any atom is -0.380 e. The first-order valence-electron chi connectivity index (χ1n) is 6.25. The van der Waals surface area contributed by atoms with Crippen LogP contribution in [-0.2, 0) is 16.1 Å². The molecule has 1 heterocycles. The summed E-state index contributed by atoms with van der Waals surface area (Å²) in [6.45, 7) is 3.26. The zero-order chi connectivity index (χ0) is 13.4. The van der Waals surface area contributed by atoms with Gasteiger partial charge in [0.15, 0.2) is 0 Å². The summed E-state index contributed by atoms with van der Waals surface area (Å²) >= 11 is 0. The van der Waals surface area contributed by atoms with Gasteiger partial charge in [-0.25, -0.2) is 4.68 Å². The highest BCUT2D eigenvalue weighted by atomic mass is 16.5. The van der Waals surface area contributed by atoms with Crippen molar-refractivity contribution < 1.29 is 9.53 Å². The van der Waals surface area contributed by atoms with Gasteiger partial charge in [-0.2, -0.15) is 5.10 Å². The first-order chi connectivity index (χ1) is 8.71. The number of hydrogen-bond donors (Lipinski definition) is 2. The van der Waals surface area contributed by atoms with Crippen LogP contribution in [0.3, 0.4) is 0 Å². The number of ether oxygens (including phenoxy) is 1. The highest BCUT2D eigenvalue weighted by molar-refractivity contribution is 5.90.